The molecule has 1 aromatic carbocycles. The maximum atomic E-state index is 13.0. The molecule has 4 rings (SSSR count). The molecule has 3 aromatic rings. The molecule has 6 nitrogen and oxygen atoms in total. The van der Waals surface area contributed by atoms with Crippen LogP contribution in [-0.2, 0) is 9.84 Å². The van der Waals surface area contributed by atoms with Crippen LogP contribution in [0.25, 0.3) is 11.0 Å². The van der Waals surface area contributed by atoms with Gasteiger partial charge < -0.3 is 9.88 Å². The Morgan fingerprint density at radius 2 is 1.85 bits per heavy atom. The molecule has 7 heteroatoms. The summed E-state index contributed by atoms with van der Waals surface area (Å²) >= 11 is 0. The third-order valence-electron chi connectivity index (χ3n) is 5.10. The molecular formula is C20H24N4O2S. The number of hydrogen-bond donors (Lipinski definition) is 1. The number of benzene rings is 1. The van der Waals surface area contributed by atoms with E-state index in [9.17, 15) is 8.42 Å². The molecule has 1 saturated heterocycles. The van der Waals surface area contributed by atoms with Crippen molar-refractivity contribution < 1.29 is 8.42 Å². The summed E-state index contributed by atoms with van der Waals surface area (Å²) in [6.07, 6.45) is 4.54. The summed E-state index contributed by atoms with van der Waals surface area (Å²) < 4.78 is 26.1. The van der Waals surface area contributed by atoms with Gasteiger partial charge in [-0.3, -0.25) is 4.90 Å². The second-order valence-electron chi connectivity index (χ2n) is 6.89. The van der Waals surface area contributed by atoms with E-state index in [1.54, 1.807) is 30.5 Å². The second-order valence-corrected chi connectivity index (χ2v) is 8.81. The van der Waals surface area contributed by atoms with Crippen LogP contribution in [0, 0.1) is 0 Å². The van der Waals surface area contributed by atoms with E-state index in [0.29, 0.717) is 15.9 Å². The van der Waals surface area contributed by atoms with Crippen molar-refractivity contribution in [3.63, 3.8) is 0 Å². The van der Waals surface area contributed by atoms with Crippen LogP contribution in [0.5, 0.6) is 0 Å². The molecule has 0 atom stereocenters. The number of pyridine rings is 1. The monoisotopic (exact) mass is 384 g/mol. The number of sulfone groups is 1. The predicted molar refractivity (Wildman–Crippen MR) is 107 cm³/mol. The summed E-state index contributed by atoms with van der Waals surface area (Å²) in [5, 5.41) is 0.646. The van der Waals surface area contributed by atoms with Gasteiger partial charge in [-0.15, -0.1) is 0 Å². The van der Waals surface area contributed by atoms with E-state index >= 15 is 0 Å². The van der Waals surface area contributed by atoms with Gasteiger partial charge in [-0.25, -0.2) is 13.4 Å². The van der Waals surface area contributed by atoms with E-state index in [1.165, 1.54) is 0 Å². The minimum absolute atomic E-state index is 0.280. The van der Waals surface area contributed by atoms with Gasteiger partial charge in [0.25, 0.3) is 0 Å². The first-order valence-electron chi connectivity index (χ1n) is 9.34. The number of hydrogen-bond acceptors (Lipinski definition) is 5. The van der Waals surface area contributed by atoms with Crippen molar-refractivity contribution in [2.75, 3.05) is 37.6 Å². The smallest absolute Gasteiger partial charge is 0.208 e. The number of fused-ring (bicyclic) bond motifs is 1. The first-order chi connectivity index (χ1) is 13.1. The van der Waals surface area contributed by atoms with Crippen LogP contribution in [0.15, 0.2) is 58.6 Å². The highest BCUT2D eigenvalue weighted by molar-refractivity contribution is 7.91. The fourth-order valence-electron chi connectivity index (χ4n) is 3.64. The molecule has 0 amide bonds. The molecule has 1 fully saturated rings. The normalized spacial score (nSPS) is 16.1. The third-order valence-corrected chi connectivity index (χ3v) is 6.91. The van der Waals surface area contributed by atoms with Gasteiger partial charge in [0.15, 0.2) is 0 Å². The van der Waals surface area contributed by atoms with E-state index < -0.39 is 9.84 Å². The fourth-order valence-corrected chi connectivity index (χ4v) is 5.06. The van der Waals surface area contributed by atoms with E-state index in [1.807, 2.05) is 18.3 Å². The summed E-state index contributed by atoms with van der Waals surface area (Å²) in [5.74, 6) is 0. The molecule has 0 radical (unpaired) electrons. The lowest BCUT2D eigenvalue weighted by molar-refractivity contribution is 0.258. The van der Waals surface area contributed by atoms with Crippen molar-refractivity contribution in [2.24, 2.45) is 0 Å². The van der Waals surface area contributed by atoms with Gasteiger partial charge >= 0.3 is 0 Å². The predicted octanol–water partition coefficient (Wildman–Crippen LogP) is 2.93. The van der Waals surface area contributed by atoms with Crippen LogP contribution in [0.4, 0.5) is 5.69 Å². The molecule has 1 aliphatic rings. The minimum atomic E-state index is -3.58. The Balaban J connectivity index is 1.66. The average Bonchev–Trinajstić information content (AvgIpc) is 3.13. The number of nitrogens with zero attached hydrogens (tertiary/aromatic N) is 3. The van der Waals surface area contributed by atoms with Crippen molar-refractivity contribution in [3.05, 3.63) is 48.8 Å². The summed E-state index contributed by atoms with van der Waals surface area (Å²) in [5.41, 5.74) is 1.57. The number of H-pyrrole nitrogens is 1. The summed E-state index contributed by atoms with van der Waals surface area (Å²) in [4.78, 5) is 12.8. The molecule has 27 heavy (non-hydrogen) atoms. The maximum Gasteiger partial charge on any atom is 0.208 e. The Bertz CT molecular complexity index is 1020. The van der Waals surface area contributed by atoms with Gasteiger partial charge in [-0.1, -0.05) is 25.1 Å². The number of aromatic amines is 1. The highest BCUT2D eigenvalue weighted by Crippen LogP contribution is 2.30. The van der Waals surface area contributed by atoms with Crippen LogP contribution in [-0.4, -0.2) is 56.0 Å². The van der Waals surface area contributed by atoms with Crippen LogP contribution < -0.4 is 4.90 Å². The Hall–Kier alpha value is -2.38. The lowest BCUT2D eigenvalue weighted by Gasteiger charge is -2.35. The molecule has 0 aliphatic carbocycles. The quantitative estimate of drug-likeness (QED) is 0.732. The molecular weight excluding hydrogens is 360 g/mol. The van der Waals surface area contributed by atoms with Gasteiger partial charge in [0, 0.05) is 37.8 Å². The van der Waals surface area contributed by atoms with Crippen LogP contribution >= 0.6 is 0 Å². The molecule has 0 spiro atoms. The van der Waals surface area contributed by atoms with Crippen molar-refractivity contribution in [2.45, 2.75) is 23.1 Å². The van der Waals surface area contributed by atoms with Gasteiger partial charge in [0.1, 0.15) is 5.65 Å². The molecule has 142 valence electrons. The van der Waals surface area contributed by atoms with Crippen LogP contribution in [0.2, 0.25) is 0 Å². The highest BCUT2D eigenvalue weighted by Gasteiger charge is 2.23. The highest BCUT2D eigenvalue weighted by atomic mass is 32.2. The average molecular weight is 385 g/mol. The SMILES string of the molecule is CCCN1CCN(c2cnc3[nH]cc(S(=O)(=O)c4ccccc4)c3c2)CC1. The van der Waals surface area contributed by atoms with E-state index in [2.05, 4.69) is 26.7 Å². The molecule has 1 N–H and O–H groups in total. The lowest BCUT2D eigenvalue weighted by atomic mass is 10.2. The van der Waals surface area contributed by atoms with Gasteiger partial charge in [0.2, 0.25) is 9.84 Å². The zero-order valence-electron chi connectivity index (χ0n) is 15.4. The van der Waals surface area contributed by atoms with E-state index in [4.69, 9.17) is 0 Å². The number of rotatable bonds is 5. The Kier molecular flexibility index (Phi) is 4.88. The second kappa shape index (κ2) is 7.32. The largest absolute Gasteiger partial charge is 0.368 e. The number of aromatic nitrogens is 2. The molecule has 2 aromatic heterocycles. The molecule has 3 heterocycles. The Labute approximate surface area is 159 Å². The summed E-state index contributed by atoms with van der Waals surface area (Å²) in [7, 11) is -3.58. The van der Waals surface area contributed by atoms with E-state index in [-0.39, 0.29) is 4.90 Å². The third kappa shape index (κ3) is 3.44. The topological polar surface area (TPSA) is 69.3 Å². The first kappa shape index (κ1) is 18.0. The van der Waals surface area contributed by atoms with Gasteiger partial charge in [-0.2, -0.15) is 0 Å². The number of anilines is 1. The van der Waals surface area contributed by atoms with Crippen molar-refractivity contribution in [1.82, 2.24) is 14.9 Å². The molecule has 0 bridgehead atoms. The number of piperazine rings is 1. The summed E-state index contributed by atoms with van der Waals surface area (Å²) in [6.45, 7) is 7.23. The number of nitrogens with one attached hydrogen (secondary N) is 1. The minimum Gasteiger partial charge on any atom is -0.368 e. The molecule has 1 aliphatic heterocycles. The molecule has 0 unspecified atom stereocenters. The molecule has 0 saturated carbocycles. The van der Waals surface area contributed by atoms with Gasteiger partial charge in [-0.05, 0) is 31.2 Å². The first-order valence-corrected chi connectivity index (χ1v) is 10.8. The van der Waals surface area contributed by atoms with E-state index in [0.717, 1.165) is 44.8 Å². The van der Waals surface area contributed by atoms with Crippen molar-refractivity contribution in [3.8, 4) is 0 Å². The zero-order chi connectivity index (χ0) is 18.9. The zero-order valence-corrected chi connectivity index (χ0v) is 16.2. The van der Waals surface area contributed by atoms with Crippen LogP contribution in [0.1, 0.15) is 13.3 Å². The Morgan fingerprint density at radius 3 is 2.56 bits per heavy atom. The lowest BCUT2D eigenvalue weighted by Crippen LogP contribution is -2.46. The maximum absolute atomic E-state index is 13.0. The van der Waals surface area contributed by atoms with Crippen LogP contribution in [0.3, 0.4) is 0 Å². The Morgan fingerprint density at radius 1 is 1.11 bits per heavy atom. The summed E-state index contributed by atoms with van der Waals surface area (Å²) in [6, 6.07) is 10.5. The van der Waals surface area contributed by atoms with Crippen molar-refractivity contribution >= 4 is 26.6 Å². The van der Waals surface area contributed by atoms with Gasteiger partial charge in [0.05, 0.1) is 21.7 Å². The van der Waals surface area contributed by atoms with Crippen molar-refractivity contribution in [1.29, 1.82) is 0 Å². The standard InChI is InChI=1S/C20H24N4O2S/c1-2-8-23-9-11-24(12-10-23)16-13-18-19(15-22-20(18)21-14-16)27(25,26)17-6-4-3-5-7-17/h3-7,13-15H,2,8-12H2,1H3,(H,21,22). The fraction of sp³-hybridized carbons (Fsp3) is 0.350.